The molecule has 2 N–H and O–H groups in total. The number of piperidine rings is 1. The van der Waals surface area contributed by atoms with Crippen molar-refractivity contribution in [3.63, 3.8) is 0 Å². The van der Waals surface area contributed by atoms with Crippen molar-refractivity contribution in [2.24, 2.45) is 0 Å². The second-order valence-corrected chi connectivity index (χ2v) is 14.0. The molecule has 0 radical (unpaired) electrons. The van der Waals surface area contributed by atoms with Crippen LogP contribution in [0, 0.1) is 0 Å². The van der Waals surface area contributed by atoms with Crippen molar-refractivity contribution in [3.8, 4) is 0 Å². The Bertz CT molecular complexity index is 1730. The summed E-state index contributed by atoms with van der Waals surface area (Å²) in [6.45, 7) is 11.6. The molecule has 0 bridgehead atoms. The Labute approximate surface area is 253 Å². The number of hydrogen-bond acceptors (Lipinski definition) is 11. The summed E-state index contributed by atoms with van der Waals surface area (Å²) in [4.78, 5) is 50.0. The minimum Gasteiger partial charge on any atom is -0.457 e. The summed E-state index contributed by atoms with van der Waals surface area (Å²) < 4.78 is 43.3. The van der Waals surface area contributed by atoms with Gasteiger partial charge in [-0.15, -0.1) is 11.3 Å². The number of nitrogens with one attached hydrogen (secondary N) is 1. The van der Waals surface area contributed by atoms with Crippen LogP contribution in [0.5, 0.6) is 0 Å². The summed E-state index contributed by atoms with van der Waals surface area (Å²) in [5.41, 5.74) is -0.195. The lowest BCUT2D eigenvalue weighted by molar-refractivity contribution is -0.148. The number of aromatic nitrogens is 3. The van der Waals surface area contributed by atoms with E-state index in [2.05, 4.69) is 15.3 Å². The van der Waals surface area contributed by atoms with Gasteiger partial charge < -0.3 is 9.64 Å². The average molecular weight is 634 g/mol. The van der Waals surface area contributed by atoms with Gasteiger partial charge in [-0.1, -0.05) is 20.8 Å². The number of carbonyl (C=O) groups is 2. The quantitative estimate of drug-likeness (QED) is 0.220. The third kappa shape index (κ3) is 8.46. The molecular formula is C28H35N5O8S2. The van der Waals surface area contributed by atoms with Gasteiger partial charge in [-0.05, 0) is 51.8 Å². The summed E-state index contributed by atoms with van der Waals surface area (Å²) in [6.07, 6.45) is 3.77. The second kappa shape index (κ2) is 12.1. The molecule has 0 unspecified atom stereocenters. The van der Waals surface area contributed by atoms with Crippen molar-refractivity contribution < 1.29 is 31.5 Å². The number of fused-ring (bicyclic) bond motifs is 1. The number of thiazole rings is 1. The van der Waals surface area contributed by atoms with E-state index in [0.717, 1.165) is 11.8 Å². The van der Waals surface area contributed by atoms with Gasteiger partial charge in [-0.2, -0.15) is 8.42 Å². The highest BCUT2D eigenvalue weighted by Gasteiger charge is 2.28. The molecule has 0 aromatic carbocycles. The molecule has 0 aliphatic carbocycles. The Morgan fingerprint density at radius 1 is 1.19 bits per heavy atom. The van der Waals surface area contributed by atoms with Crippen molar-refractivity contribution in [1.82, 2.24) is 14.4 Å². The molecule has 3 aromatic rings. The fraction of sp³-hybridized carbons (Fsp3) is 0.464. The molecule has 1 saturated heterocycles. The predicted molar refractivity (Wildman–Crippen MR) is 163 cm³/mol. The van der Waals surface area contributed by atoms with E-state index in [1.54, 1.807) is 25.7 Å². The highest BCUT2D eigenvalue weighted by molar-refractivity contribution is 7.80. The monoisotopic (exact) mass is 633 g/mol. The first kappa shape index (κ1) is 32.3. The topological polar surface area (TPSA) is 169 Å². The Kier molecular flexibility index (Phi) is 9.11. The first-order valence-electron chi connectivity index (χ1n) is 13.5. The van der Waals surface area contributed by atoms with Gasteiger partial charge >= 0.3 is 16.4 Å². The molecule has 1 aliphatic rings. The number of hydrogen-bond donors (Lipinski definition) is 2. The van der Waals surface area contributed by atoms with Crippen LogP contribution in [0.15, 0.2) is 34.6 Å². The molecule has 1 atom stereocenters. The van der Waals surface area contributed by atoms with Crippen LogP contribution >= 0.6 is 11.3 Å². The third-order valence-corrected chi connectivity index (χ3v) is 7.60. The lowest BCUT2D eigenvalue weighted by atomic mass is 9.93. The number of pyridine rings is 1. The summed E-state index contributed by atoms with van der Waals surface area (Å²) in [7, 11) is -4.71. The summed E-state index contributed by atoms with van der Waals surface area (Å²) in [5, 5.41) is 5.10. The van der Waals surface area contributed by atoms with Crippen LogP contribution in [0.25, 0.3) is 11.7 Å². The van der Waals surface area contributed by atoms with Crippen molar-refractivity contribution in [2.45, 2.75) is 71.5 Å². The Morgan fingerprint density at radius 2 is 1.91 bits per heavy atom. The predicted octanol–water partition coefficient (Wildman–Crippen LogP) is 3.84. The van der Waals surface area contributed by atoms with Crippen molar-refractivity contribution in [1.29, 1.82) is 0 Å². The SMILES string of the molecule is CC(C)(C)OC(=O)C=Cc1c(N2CCC[C@@H](OS(=O)(=O)O)C2)nc2cc(C(=O)Nc3nc(C(C)(C)C)cs3)ccn2c1=O. The van der Waals surface area contributed by atoms with Gasteiger partial charge in [0.2, 0.25) is 0 Å². The molecule has 4 rings (SSSR count). The molecular weight excluding hydrogens is 598 g/mol. The Balaban J connectivity index is 1.73. The van der Waals surface area contributed by atoms with E-state index in [9.17, 15) is 27.4 Å². The van der Waals surface area contributed by atoms with E-state index in [-0.39, 0.29) is 34.6 Å². The van der Waals surface area contributed by atoms with Gasteiger partial charge in [-0.3, -0.25) is 23.9 Å². The first-order chi connectivity index (χ1) is 19.9. The second-order valence-electron chi connectivity index (χ2n) is 12.1. The zero-order chi connectivity index (χ0) is 31.7. The number of esters is 1. The molecule has 0 spiro atoms. The van der Waals surface area contributed by atoms with E-state index >= 15 is 0 Å². The van der Waals surface area contributed by atoms with Gasteiger partial charge in [0.15, 0.2) is 5.13 Å². The van der Waals surface area contributed by atoms with Crippen LogP contribution < -0.4 is 15.8 Å². The molecule has 4 heterocycles. The van der Waals surface area contributed by atoms with E-state index < -0.39 is 39.5 Å². The lowest BCUT2D eigenvalue weighted by Crippen LogP contribution is -2.42. The molecule has 3 aromatic heterocycles. The van der Waals surface area contributed by atoms with Crippen molar-refractivity contribution >= 4 is 56.3 Å². The molecule has 1 amide bonds. The van der Waals surface area contributed by atoms with Gasteiger partial charge in [0.05, 0.1) is 17.4 Å². The molecule has 0 saturated carbocycles. The fourth-order valence-corrected chi connectivity index (χ4v) is 5.81. The number of amides is 1. The molecule has 43 heavy (non-hydrogen) atoms. The number of anilines is 2. The van der Waals surface area contributed by atoms with Crippen LogP contribution in [0.2, 0.25) is 0 Å². The minimum atomic E-state index is -4.71. The van der Waals surface area contributed by atoms with E-state index in [0.29, 0.717) is 24.5 Å². The zero-order valence-corrected chi connectivity index (χ0v) is 26.4. The standard InChI is InChI=1S/C28H35N5O8S2/c1-27(2,3)20-16-42-26(29-20)31-24(35)17-11-13-33-21(14-17)30-23(32-12-7-8-18(15-32)41-43(37,38)39)19(25(33)36)9-10-22(34)40-28(4,5)6/h9-11,13-14,16,18H,7-8,12,15H2,1-6H3,(H,29,31,35)(H,37,38,39)/t18-/m1/s1. The summed E-state index contributed by atoms with van der Waals surface area (Å²) in [6, 6.07) is 2.93. The summed E-state index contributed by atoms with van der Waals surface area (Å²) >= 11 is 1.31. The number of ether oxygens (including phenoxy) is 1. The van der Waals surface area contributed by atoms with Crippen LogP contribution in [-0.2, 0) is 29.5 Å². The van der Waals surface area contributed by atoms with Crippen molar-refractivity contribution in [2.75, 3.05) is 23.3 Å². The van der Waals surface area contributed by atoms with Crippen LogP contribution in [0.4, 0.5) is 10.9 Å². The summed E-state index contributed by atoms with van der Waals surface area (Å²) in [5.74, 6) is -0.958. The van der Waals surface area contributed by atoms with Gasteiger partial charge in [0.25, 0.3) is 11.5 Å². The maximum absolute atomic E-state index is 13.7. The van der Waals surface area contributed by atoms with Crippen molar-refractivity contribution in [3.05, 3.63) is 57.0 Å². The average Bonchev–Trinajstić information content (AvgIpc) is 3.35. The maximum Gasteiger partial charge on any atom is 0.397 e. The van der Waals surface area contributed by atoms with Crippen LogP contribution in [0.1, 0.15) is 76.0 Å². The van der Waals surface area contributed by atoms with E-state index in [1.807, 2.05) is 26.2 Å². The highest BCUT2D eigenvalue weighted by Crippen LogP contribution is 2.27. The smallest absolute Gasteiger partial charge is 0.397 e. The van der Waals surface area contributed by atoms with Gasteiger partial charge in [-0.25, -0.2) is 18.9 Å². The number of carbonyl (C=O) groups excluding carboxylic acids is 2. The normalized spacial score (nSPS) is 16.5. The van der Waals surface area contributed by atoms with E-state index in [1.165, 1.54) is 40.1 Å². The van der Waals surface area contributed by atoms with Crippen LogP contribution in [0.3, 0.4) is 0 Å². The van der Waals surface area contributed by atoms with Gasteiger partial charge in [0, 0.05) is 41.7 Å². The Hall–Kier alpha value is -3.66. The Morgan fingerprint density at radius 3 is 2.53 bits per heavy atom. The molecule has 232 valence electrons. The molecule has 1 fully saturated rings. The fourth-order valence-electron chi connectivity index (χ4n) is 4.38. The first-order valence-corrected chi connectivity index (χ1v) is 15.8. The molecule has 15 heteroatoms. The number of nitrogens with zero attached hydrogens (tertiary/aromatic N) is 4. The zero-order valence-electron chi connectivity index (χ0n) is 24.8. The molecule has 13 nitrogen and oxygen atoms in total. The number of rotatable bonds is 7. The van der Waals surface area contributed by atoms with Crippen LogP contribution in [-0.4, -0.2) is 64.0 Å². The van der Waals surface area contributed by atoms with Gasteiger partial charge in [0.1, 0.15) is 17.1 Å². The third-order valence-electron chi connectivity index (χ3n) is 6.33. The largest absolute Gasteiger partial charge is 0.457 e. The highest BCUT2D eigenvalue weighted by atomic mass is 32.3. The minimum absolute atomic E-state index is 0.00395. The molecule has 1 aliphatic heterocycles. The van der Waals surface area contributed by atoms with E-state index in [4.69, 9.17) is 8.92 Å². The lowest BCUT2D eigenvalue weighted by Gasteiger charge is -2.33. The maximum atomic E-state index is 13.7.